The van der Waals surface area contributed by atoms with Gasteiger partial charge in [-0.2, -0.15) is 5.10 Å². The molecule has 1 aromatic carbocycles. The number of benzene rings is 1. The van der Waals surface area contributed by atoms with Crippen molar-refractivity contribution < 1.29 is 4.74 Å². The predicted molar refractivity (Wildman–Crippen MR) is 110 cm³/mol. The van der Waals surface area contributed by atoms with Crippen LogP contribution in [-0.4, -0.2) is 50.0 Å². The van der Waals surface area contributed by atoms with Gasteiger partial charge in [0, 0.05) is 37.3 Å². The van der Waals surface area contributed by atoms with Crippen molar-refractivity contribution in [2.75, 3.05) is 19.6 Å². The zero-order chi connectivity index (χ0) is 18.8. The first kappa shape index (κ1) is 17.7. The van der Waals surface area contributed by atoms with E-state index in [1.54, 1.807) is 12.7 Å². The molecule has 0 amide bonds. The van der Waals surface area contributed by atoms with Gasteiger partial charge in [0.1, 0.15) is 24.5 Å². The quantitative estimate of drug-likeness (QED) is 0.652. The van der Waals surface area contributed by atoms with Crippen molar-refractivity contribution in [1.82, 2.24) is 24.2 Å². The van der Waals surface area contributed by atoms with E-state index < -0.39 is 0 Å². The summed E-state index contributed by atoms with van der Waals surface area (Å²) in [6.45, 7) is 4.09. The average Bonchev–Trinajstić information content (AvgIpc) is 3.48. The van der Waals surface area contributed by atoms with E-state index in [1.807, 2.05) is 4.68 Å². The van der Waals surface area contributed by atoms with Gasteiger partial charge in [-0.05, 0) is 43.9 Å². The van der Waals surface area contributed by atoms with E-state index >= 15 is 0 Å². The fourth-order valence-corrected chi connectivity index (χ4v) is 4.79. The molecule has 28 heavy (non-hydrogen) atoms. The first-order valence-corrected chi connectivity index (χ1v) is 10.7. The van der Waals surface area contributed by atoms with Crippen LogP contribution >= 0.6 is 0 Å². The molecule has 2 aliphatic rings. The third-order valence-corrected chi connectivity index (χ3v) is 6.38. The van der Waals surface area contributed by atoms with Crippen LogP contribution in [0, 0.1) is 0 Å². The highest BCUT2D eigenvalue weighted by Gasteiger charge is 2.22. The molecule has 148 valence electrons. The second-order valence-corrected chi connectivity index (χ2v) is 8.17. The lowest BCUT2D eigenvalue weighted by atomic mass is 10.1. The minimum absolute atomic E-state index is 0.308. The monoisotopic (exact) mass is 379 g/mol. The van der Waals surface area contributed by atoms with Crippen LogP contribution in [0.25, 0.3) is 10.9 Å². The number of fused-ring (bicyclic) bond motifs is 1. The lowest BCUT2D eigenvalue weighted by Crippen LogP contribution is -2.39. The summed E-state index contributed by atoms with van der Waals surface area (Å²) in [6, 6.07) is 9.44. The third-order valence-electron chi connectivity index (χ3n) is 6.38. The molecule has 1 saturated heterocycles. The summed E-state index contributed by atoms with van der Waals surface area (Å²) < 4.78 is 10.9. The number of hydrogen-bond acceptors (Lipinski definition) is 4. The molecule has 3 aromatic rings. The van der Waals surface area contributed by atoms with Crippen molar-refractivity contribution in [3.05, 3.63) is 43.1 Å². The second-order valence-electron chi connectivity index (χ2n) is 8.17. The molecule has 6 nitrogen and oxygen atoms in total. The highest BCUT2D eigenvalue weighted by Crippen LogP contribution is 2.36. The van der Waals surface area contributed by atoms with Gasteiger partial charge in [-0.15, -0.1) is 0 Å². The zero-order valence-corrected chi connectivity index (χ0v) is 16.4. The molecular formula is C22H29N5O. The second kappa shape index (κ2) is 7.95. The molecule has 0 N–H and O–H groups in total. The molecule has 1 aliphatic carbocycles. The van der Waals surface area contributed by atoms with Gasteiger partial charge in [-0.1, -0.05) is 18.9 Å². The summed E-state index contributed by atoms with van der Waals surface area (Å²) in [4.78, 5) is 6.51. The third kappa shape index (κ3) is 3.65. The van der Waals surface area contributed by atoms with Gasteiger partial charge < -0.3 is 14.2 Å². The lowest BCUT2D eigenvalue weighted by molar-refractivity contribution is 0.0991. The lowest BCUT2D eigenvalue weighted by Gasteiger charge is -2.32. The summed E-state index contributed by atoms with van der Waals surface area (Å²) in [5.41, 5.74) is 1.33. The summed E-state index contributed by atoms with van der Waals surface area (Å²) in [7, 11) is 0. The van der Waals surface area contributed by atoms with E-state index in [1.165, 1.54) is 36.6 Å². The molecule has 6 heteroatoms. The predicted octanol–water partition coefficient (Wildman–Crippen LogP) is 3.89. The average molecular weight is 380 g/mol. The minimum atomic E-state index is 0.308. The number of nitrogens with zero attached hydrogens (tertiary/aromatic N) is 5. The van der Waals surface area contributed by atoms with Crippen LogP contribution in [0.4, 0.5) is 0 Å². The highest BCUT2D eigenvalue weighted by atomic mass is 16.5. The van der Waals surface area contributed by atoms with Gasteiger partial charge in [-0.3, -0.25) is 4.68 Å². The summed E-state index contributed by atoms with van der Waals surface area (Å²) in [5.74, 6) is 1.05. The van der Waals surface area contributed by atoms with Crippen LogP contribution in [0.5, 0.6) is 5.75 Å². The van der Waals surface area contributed by atoms with Crippen molar-refractivity contribution in [1.29, 1.82) is 0 Å². The molecule has 1 aliphatic heterocycles. The summed E-state index contributed by atoms with van der Waals surface area (Å²) >= 11 is 0. The Bertz CT molecular complexity index is 889. The van der Waals surface area contributed by atoms with Crippen LogP contribution in [0.3, 0.4) is 0 Å². The van der Waals surface area contributed by atoms with E-state index in [4.69, 9.17) is 4.74 Å². The maximum atomic E-state index is 6.48. The Morgan fingerprint density at radius 3 is 2.64 bits per heavy atom. The molecule has 1 saturated carbocycles. The van der Waals surface area contributed by atoms with Crippen molar-refractivity contribution in [3.63, 3.8) is 0 Å². The number of rotatable bonds is 6. The Morgan fingerprint density at radius 2 is 1.86 bits per heavy atom. The summed E-state index contributed by atoms with van der Waals surface area (Å²) in [5, 5.41) is 5.45. The zero-order valence-electron chi connectivity index (χ0n) is 16.4. The standard InChI is InChI=1S/C22H29N5O/c1-2-5-18(4-1)27-13-10-20-21(27)6-3-7-22(20)28-19-8-11-25(12-9-19)14-15-26-17-23-16-24-26/h3,6-7,10,13,16-19H,1-2,4-5,8-9,11-12,14-15H2. The fourth-order valence-electron chi connectivity index (χ4n) is 4.79. The van der Waals surface area contributed by atoms with Crippen LogP contribution in [0.2, 0.25) is 0 Å². The molecule has 0 radical (unpaired) electrons. The minimum Gasteiger partial charge on any atom is -0.490 e. The van der Waals surface area contributed by atoms with Gasteiger partial charge in [-0.25, -0.2) is 4.98 Å². The van der Waals surface area contributed by atoms with Gasteiger partial charge >= 0.3 is 0 Å². The molecule has 0 spiro atoms. The van der Waals surface area contributed by atoms with E-state index in [0.29, 0.717) is 12.1 Å². The number of aromatic nitrogens is 4. The van der Waals surface area contributed by atoms with Crippen LogP contribution in [0.1, 0.15) is 44.6 Å². The van der Waals surface area contributed by atoms with E-state index in [2.05, 4.69) is 50.0 Å². The molecular weight excluding hydrogens is 350 g/mol. The van der Waals surface area contributed by atoms with E-state index in [-0.39, 0.29) is 0 Å². The molecule has 0 unspecified atom stereocenters. The molecule has 2 fully saturated rings. The number of piperidine rings is 1. The number of hydrogen-bond donors (Lipinski definition) is 0. The molecule has 0 atom stereocenters. The first-order chi connectivity index (χ1) is 13.9. The maximum absolute atomic E-state index is 6.48. The van der Waals surface area contributed by atoms with Crippen LogP contribution in [0.15, 0.2) is 43.1 Å². The smallest absolute Gasteiger partial charge is 0.137 e. The van der Waals surface area contributed by atoms with Gasteiger partial charge in [0.15, 0.2) is 0 Å². The molecule has 5 rings (SSSR count). The first-order valence-electron chi connectivity index (χ1n) is 10.7. The Balaban J connectivity index is 1.20. The molecule has 0 bridgehead atoms. The SMILES string of the molecule is c1cc(OC2CCN(CCn3cncn3)CC2)c2ccn(C3CCCC3)c2c1. The van der Waals surface area contributed by atoms with Crippen LogP contribution < -0.4 is 4.74 Å². The molecule has 2 aromatic heterocycles. The Morgan fingerprint density at radius 1 is 1.00 bits per heavy atom. The Kier molecular flexibility index (Phi) is 5.04. The number of likely N-dealkylation sites (tertiary alicyclic amines) is 1. The van der Waals surface area contributed by atoms with Gasteiger partial charge in [0.05, 0.1) is 12.1 Å². The van der Waals surface area contributed by atoms with Gasteiger partial charge in [0.2, 0.25) is 0 Å². The van der Waals surface area contributed by atoms with Crippen LogP contribution in [-0.2, 0) is 6.54 Å². The fraction of sp³-hybridized carbons (Fsp3) is 0.545. The Labute approximate surface area is 166 Å². The normalized spacial score (nSPS) is 19.6. The summed E-state index contributed by atoms with van der Waals surface area (Å²) in [6.07, 6.45) is 13.4. The van der Waals surface area contributed by atoms with E-state index in [0.717, 1.165) is 44.8 Å². The van der Waals surface area contributed by atoms with Crippen molar-refractivity contribution in [2.24, 2.45) is 0 Å². The highest BCUT2D eigenvalue weighted by molar-refractivity contribution is 5.86. The Hall–Kier alpha value is -2.34. The van der Waals surface area contributed by atoms with Gasteiger partial charge in [0.25, 0.3) is 0 Å². The number of ether oxygens (including phenoxy) is 1. The van der Waals surface area contributed by atoms with Crippen molar-refractivity contribution in [2.45, 2.75) is 57.2 Å². The molecule has 3 heterocycles. The van der Waals surface area contributed by atoms with Crippen molar-refractivity contribution >= 4 is 10.9 Å². The van der Waals surface area contributed by atoms with Crippen molar-refractivity contribution in [3.8, 4) is 5.75 Å². The van der Waals surface area contributed by atoms with E-state index in [9.17, 15) is 0 Å². The largest absolute Gasteiger partial charge is 0.490 e. The maximum Gasteiger partial charge on any atom is 0.137 e. The topological polar surface area (TPSA) is 48.1 Å².